The van der Waals surface area contributed by atoms with Gasteiger partial charge in [0.2, 0.25) is 0 Å². The summed E-state index contributed by atoms with van der Waals surface area (Å²) in [7, 11) is 0. The van der Waals surface area contributed by atoms with E-state index in [0.717, 1.165) is 0 Å². The van der Waals surface area contributed by atoms with E-state index in [1.165, 1.54) is 0 Å². The van der Waals surface area contributed by atoms with Crippen LogP contribution in [0.4, 0.5) is 13.2 Å². The quantitative estimate of drug-likeness (QED) is 0.579. The molecule has 0 nitrogen and oxygen atoms in total. The molecule has 4 heteroatoms. The average Bonchev–Trinajstić information content (AvgIpc) is 2.01. The molecule has 0 aromatic carbocycles. The van der Waals surface area contributed by atoms with Crippen molar-refractivity contribution in [2.75, 3.05) is 0 Å². The molecule has 3 unspecified atom stereocenters. The number of halogens is 4. The summed E-state index contributed by atoms with van der Waals surface area (Å²) in [6.07, 6.45) is -2.23. The average molecular weight is 215 g/mol. The molecule has 0 amide bonds. The molecule has 1 rings (SSSR count). The molecule has 0 aromatic heterocycles. The summed E-state index contributed by atoms with van der Waals surface area (Å²) >= 11 is 5.84. The zero-order valence-electron chi connectivity index (χ0n) is 7.57. The maximum Gasteiger partial charge on any atom is 0.392 e. The first-order valence-electron chi connectivity index (χ1n) is 4.66. The first kappa shape index (κ1) is 11.2. The van der Waals surface area contributed by atoms with Crippen LogP contribution in [-0.2, 0) is 0 Å². The maximum absolute atomic E-state index is 12.5. The zero-order valence-corrected chi connectivity index (χ0v) is 8.33. The summed E-state index contributed by atoms with van der Waals surface area (Å²) in [6.45, 7) is 1.80. The van der Waals surface area contributed by atoms with E-state index in [0.29, 0.717) is 19.3 Å². The van der Waals surface area contributed by atoms with Crippen LogP contribution in [0.1, 0.15) is 32.6 Å². The van der Waals surface area contributed by atoms with E-state index in [-0.39, 0.29) is 17.7 Å². The fourth-order valence-corrected chi connectivity index (χ4v) is 2.44. The third kappa shape index (κ3) is 2.76. The van der Waals surface area contributed by atoms with Gasteiger partial charge in [-0.2, -0.15) is 13.2 Å². The summed E-state index contributed by atoms with van der Waals surface area (Å²) in [5, 5.41) is -0.0523. The summed E-state index contributed by atoms with van der Waals surface area (Å²) in [5.74, 6) is -1.39. The minimum absolute atomic E-state index is 0.0523. The Kier molecular flexibility index (Phi) is 3.50. The van der Waals surface area contributed by atoms with Crippen molar-refractivity contribution < 1.29 is 13.2 Å². The van der Waals surface area contributed by atoms with Gasteiger partial charge in [0.15, 0.2) is 0 Å². The summed E-state index contributed by atoms with van der Waals surface area (Å²) in [5.41, 5.74) is 0. The van der Waals surface area contributed by atoms with E-state index in [1.54, 1.807) is 6.92 Å². The maximum atomic E-state index is 12.5. The number of alkyl halides is 4. The van der Waals surface area contributed by atoms with E-state index < -0.39 is 12.1 Å². The van der Waals surface area contributed by atoms with Gasteiger partial charge in [-0.15, -0.1) is 11.6 Å². The van der Waals surface area contributed by atoms with Crippen LogP contribution in [0.15, 0.2) is 0 Å². The first-order valence-corrected chi connectivity index (χ1v) is 5.09. The fourth-order valence-electron chi connectivity index (χ4n) is 2.09. The highest BCUT2D eigenvalue weighted by Gasteiger charge is 2.46. The van der Waals surface area contributed by atoms with Crippen LogP contribution in [0.3, 0.4) is 0 Å². The molecule has 0 radical (unpaired) electrons. The zero-order chi connectivity index (χ0) is 10.1. The van der Waals surface area contributed by atoms with Gasteiger partial charge >= 0.3 is 6.18 Å². The standard InChI is InChI=1S/C9H14ClF3/c1-2-6-5-7(10)3-4-8(6)9(11,12)13/h6-8H,2-5H2,1H3. The van der Waals surface area contributed by atoms with Crippen LogP contribution < -0.4 is 0 Å². The Morgan fingerprint density at radius 1 is 1.31 bits per heavy atom. The SMILES string of the molecule is CCC1CC(Cl)CCC1C(F)(F)F. The van der Waals surface area contributed by atoms with Crippen LogP contribution in [0.5, 0.6) is 0 Å². The molecular formula is C9H14ClF3. The van der Waals surface area contributed by atoms with E-state index in [2.05, 4.69) is 0 Å². The molecule has 0 aromatic rings. The minimum atomic E-state index is -4.03. The fraction of sp³-hybridized carbons (Fsp3) is 1.00. The Morgan fingerprint density at radius 3 is 2.38 bits per heavy atom. The summed E-state index contributed by atoms with van der Waals surface area (Å²) in [4.78, 5) is 0. The van der Waals surface area contributed by atoms with Crippen molar-refractivity contribution in [3.8, 4) is 0 Å². The molecule has 0 heterocycles. The van der Waals surface area contributed by atoms with Gasteiger partial charge in [0, 0.05) is 5.38 Å². The highest BCUT2D eigenvalue weighted by Crippen LogP contribution is 2.43. The predicted molar refractivity (Wildman–Crippen MR) is 46.8 cm³/mol. The van der Waals surface area contributed by atoms with Crippen LogP contribution in [0, 0.1) is 11.8 Å². The Morgan fingerprint density at radius 2 is 1.92 bits per heavy atom. The van der Waals surface area contributed by atoms with Gasteiger partial charge in [0.1, 0.15) is 0 Å². The number of hydrogen-bond donors (Lipinski definition) is 0. The Labute approximate surface area is 81.5 Å². The van der Waals surface area contributed by atoms with Crippen molar-refractivity contribution in [2.24, 2.45) is 11.8 Å². The van der Waals surface area contributed by atoms with E-state index >= 15 is 0 Å². The monoisotopic (exact) mass is 214 g/mol. The molecule has 0 spiro atoms. The van der Waals surface area contributed by atoms with Gasteiger partial charge in [0.05, 0.1) is 5.92 Å². The molecule has 3 atom stereocenters. The molecule has 1 saturated carbocycles. The van der Waals surface area contributed by atoms with Crippen molar-refractivity contribution in [3.05, 3.63) is 0 Å². The second-order valence-electron chi connectivity index (χ2n) is 3.73. The van der Waals surface area contributed by atoms with E-state index in [4.69, 9.17) is 11.6 Å². The topological polar surface area (TPSA) is 0 Å². The second kappa shape index (κ2) is 4.07. The molecule has 0 saturated heterocycles. The highest BCUT2D eigenvalue weighted by molar-refractivity contribution is 6.20. The predicted octanol–water partition coefficient (Wildman–Crippen LogP) is 3.98. The minimum Gasteiger partial charge on any atom is -0.171 e. The third-order valence-corrected chi connectivity index (χ3v) is 3.26. The normalized spacial score (nSPS) is 36.2. The van der Waals surface area contributed by atoms with E-state index in [1.807, 2.05) is 0 Å². The van der Waals surface area contributed by atoms with Crippen LogP contribution >= 0.6 is 11.6 Å². The molecule has 0 bridgehead atoms. The van der Waals surface area contributed by atoms with Gasteiger partial charge in [-0.05, 0) is 25.2 Å². The Bertz CT molecular complexity index is 167. The van der Waals surface area contributed by atoms with Crippen molar-refractivity contribution >= 4 is 11.6 Å². The van der Waals surface area contributed by atoms with Crippen molar-refractivity contribution in [3.63, 3.8) is 0 Å². The van der Waals surface area contributed by atoms with Gasteiger partial charge in [0.25, 0.3) is 0 Å². The lowest BCUT2D eigenvalue weighted by molar-refractivity contribution is -0.196. The summed E-state index contributed by atoms with van der Waals surface area (Å²) in [6, 6.07) is 0. The van der Waals surface area contributed by atoms with Gasteiger partial charge in [-0.25, -0.2) is 0 Å². The van der Waals surface area contributed by atoms with Crippen LogP contribution in [0.25, 0.3) is 0 Å². The summed E-state index contributed by atoms with van der Waals surface area (Å²) < 4.78 is 37.4. The molecule has 1 aliphatic carbocycles. The first-order chi connectivity index (χ1) is 5.95. The van der Waals surface area contributed by atoms with Crippen molar-refractivity contribution in [1.82, 2.24) is 0 Å². The second-order valence-corrected chi connectivity index (χ2v) is 4.34. The van der Waals surface area contributed by atoms with Crippen molar-refractivity contribution in [1.29, 1.82) is 0 Å². The largest absolute Gasteiger partial charge is 0.392 e. The number of hydrogen-bond acceptors (Lipinski definition) is 0. The smallest absolute Gasteiger partial charge is 0.171 e. The molecule has 1 aliphatic rings. The third-order valence-electron chi connectivity index (χ3n) is 2.86. The molecule has 78 valence electrons. The molecular weight excluding hydrogens is 201 g/mol. The lowest BCUT2D eigenvalue weighted by atomic mass is 9.77. The van der Waals surface area contributed by atoms with Crippen LogP contribution in [0.2, 0.25) is 0 Å². The highest BCUT2D eigenvalue weighted by atomic mass is 35.5. The lowest BCUT2D eigenvalue weighted by Gasteiger charge is -2.34. The Balaban J connectivity index is 2.63. The van der Waals surface area contributed by atoms with Gasteiger partial charge in [-0.3, -0.25) is 0 Å². The van der Waals surface area contributed by atoms with Gasteiger partial charge < -0.3 is 0 Å². The van der Waals surface area contributed by atoms with Gasteiger partial charge in [-0.1, -0.05) is 13.3 Å². The van der Waals surface area contributed by atoms with E-state index in [9.17, 15) is 13.2 Å². The molecule has 0 N–H and O–H groups in total. The van der Waals surface area contributed by atoms with Crippen LogP contribution in [-0.4, -0.2) is 11.6 Å². The lowest BCUT2D eigenvalue weighted by Crippen LogP contribution is -2.35. The number of rotatable bonds is 1. The van der Waals surface area contributed by atoms with Crippen molar-refractivity contribution in [2.45, 2.75) is 44.2 Å². The Hall–Kier alpha value is 0.0800. The molecule has 1 fully saturated rings. The molecule has 13 heavy (non-hydrogen) atoms. The molecule has 0 aliphatic heterocycles.